The molecule has 7 nitrogen and oxygen atoms in total. The van der Waals surface area contributed by atoms with Gasteiger partial charge in [-0.1, -0.05) is 35.3 Å². The zero-order valence-corrected chi connectivity index (χ0v) is 15.8. The number of hydrogen-bond donors (Lipinski definition) is 3. The van der Waals surface area contributed by atoms with Crippen LogP contribution in [0.4, 0.5) is 16.2 Å². The SMILES string of the molecule is COc1ccccc1N(C(N)=O)C1CC(C(=O)O)Nc2cc(Cl)cc(Cl)c21. The second-order valence-corrected chi connectivity index (χ2v) is 6.86. The van der Waals surface area contributed by atoms with Gasteiger partial charge in [-0.25, -0.2) is 9.59 Å². The van der Waals surface area contributed by atoms with Crippen LogP contribution in [0, 0.1) is 0 Å². The molecule has 2 aromatic rings. The van der Waals surface area contributed by atoms with E-state index in [-0.39, 0.29) is 6.42 Å². The van der Waals surface area contributed by atoms with E-state index in [0.29, 0.717) is 32.7 Å². The molecule has 1 aliphatic heterocycles. The average Bonchev–Trinajstić information content (AvgIpc) is 2.61. The fraction of sp³-hybridized carbons (Fsp3) is 0.222. The molecular formula is C18H17Cl2N3O4. The summed E-state index contributed by atoms with van der Waals surface area (Å²) in [5, 5.41) is 13.1. The van der Waals surface area contributed by atoms with Gasteiger partial charge in [-0.15, -0.1) is 0 Å². The smallest absolute Gasteiger partial charge is 0.326 e. The van der Waals surface area contributed by atoms with E-state index in [4.69, 9.17) is 33.7 Å². The Labute approximate surface area is 165 Å². The van der Waals surface area contributed by atoms with Gasteiger partial charge < -0.3 is 20.9 Å². The number of para-hydroxylation sites is 2. The largest absolute Gasteiger partial charge is 0.495 e. The molecule has 3 rings (SSSR count). The molecule has 0 bridgehead atoms. The zero-order valence-electron chi connectivity index (χ0n) is 14.3. The summed E-state index contributed by atoms with van der Waals surface area (Å²) in [7, 11) is 1.47. The monoisotopic (exact) mass is 409 g/mol. The minimum absolute atomic E-state index is 0.0602. The van der Waals surface area contributed by atoms with Gasteiger partial charge in [0.05, 0.1) is 18.8 Å². The fourth-order valence-electron chi connectivity index (χ4n) is 3.30. The van der Waals surface area contributed by atoms with Gasteiger partial charge in [0.15, 0.2) is 0 Å². The molecule has 1 aliphatic rings. The summed E-state index contributed by atoms with van der Waals surface area (Å²) in [6, 6.07) is 7.53. The van der Waals surface area contributed by atoms with Crippen molar-refractivity contribution >= 4 is 46.6 Å². The highest BCUT2D eigenvalue weighted by Crippen LogP contribution is 2.45. The number of amides is 2. The Morgan fingerprint density at radius 2 is 2.00 bits per heavy atom. The predicted molar refractivity (Wildman–Crippen MR) is 104 cm³/mol. The lowest BCUT2D eigenvalue weighted by molar-refractivity contribution is -0.138. The van der Waals surface area contributed by atoms with Crippen molar-refractivity contribution in [3.8, 4) is 5.75 Å². The highest BCUT2D eigenvalue weighted by Gasteiger charge is 2.38. The summed E-state index contributed by atoms with van der Waals surface area (Å²) in [6.07, 6.45) is 0.0602. The van der Waals surface area contributed by atoms with Crippen molar-refractivity contribution in [2.45, 2.75) is 18.5 Å². The van der Waals surface area contributed by atoms with Crippen molar-refractivity contribution in [1.29, 1.82) is 0 Å². The predicted octanol–water partition coefficient (Wildman–Crippen LogP) is 3.90. The van der Waals surface area contributed by atoms with Crippen molar-refractivity contribution in [2.24, 2.45) is 5.73 Å². The third-order valence-corrected chi connectivity index (χ3v) is 4.94. The van der Waals surface area contributed by atoms with E-state index >= 15 is 0 Å². The van der Waals surface area contributed by atoms with E-state index in [1.807, 2.05) is 0 Å². The number of halogens is 2. The van der Waals surface area contributed by atoms with E-state index in [9.17, 15) is 14.7 Å². The van der Waals surface area contributed by atoms with Crippen LogP contribution in [0.2, 0.25) is 10.0 Å². The second-order valence-electron chi connectivity index (χ2n) is 6.02. The number of urea groups is 1. The minimum atomic E-state index is -1.06. The standard InChI is InChI=1S/C18H17Cl2N3O4/c1-27-15-5-3-2-4-13(15)23(18(21)26)14-8-12(17(24)25)22-11-7-9(19)6-10(20)16(11)14/h2-7,12,14,22H,8H2,1H3,(H2,21,26)(H,24,25). The minimum Gasteiger partial charge on any atom is -0.495 e. The molecule has 0 fully saturated rings. The number of carbonyl (C=O) groups is 2. The molecule has 1 heterocycles. The molecule has 2 aromatic carbocycles. The van der Waals surface area contributed by atoms with Gasteiger partial charge in [0.25, 0.3) is 0 Å². The molecule has 2 unspecified atom stereocenters. The van der Waals surface area contributed by atoms with Gasteiger partial charge >= 0.3 is 12.0 Å². The second kappa shape index (κ2) is 7.54. The van der Waals surface area contributed by atoms with Crippen LogP contribution in [0.5, 0.6) is 5.75 Å². The number of hydrogen-bond acceptors (Lipinski definition) is 4. The van der Waals surface area contributed by atoms with Crippen LogP contribution in [0.1, 0.15) is 18.0 Å². The number of carboxylic acid groups (broad SMARTS) is 1. The first kappa shape index (κ1) is 19.1. The Hall–Kier alpha value is -2.64. The van der Waals surface area contributed by atoms with Crippen LogP contribution in [-0.4, -0.2) is 30.3 Å². The number of rotatable bonds is 4. The molecule has 142 valence electrons. The van der Waals surface area contributed by atoms with Crippen LogP contribution in [0.15, 0.2) is 36.4 Å². The number of primary amides is 1. The van der Waals surface area contributed by atoms with Crippen molar-refractivity contribution in [1.82, 2.24) is 0 Å². The maximum Gasteiger partial charge on any atom is 0.326 e. The Morgan fingerprint density at radius 1 is 1.30 bits per heavy atom. The Bertz CT molecular complexity index is 906. The summed E-state index contributed by atoms with van der Waals surface area (Å²) in [5.74, 6) is -0.639. The molecule has 27 heavy (non-hydrogen) atoms. The number of nitrogens with zero attached hydrogens (tertiary/aromatic N) is 1. The van der Waals surface area contributed by atoms with Gasteiger partial charge in [-0.3, -0.25) is 4.90 Å². The van der Waals surface area contributed by atoms with Gasteiger partial charge in [-0.2, -0.15) is 0 Å². The molecule has 0 saturated carbocycles. The molecule has 0 aromatic heterocycles. The average molecular weight is 410 g/mol. The van der Waals surface area contributed by atoms with Crippen LogP contribution in [-0.2, 0) is 4.79 Å². The number of methoxy groups -OCH3 is 1. The van der Waals surface area contributed by atoms with Crippen molar-refractivity contribution < 1.29 is 19.4 Å². The van der Waals surface area contributed by atoms with Gasteiger partial charge in [0.2, 0.25) is 0 Å². The lowest BCUT2D eigenvalue weighted by Gasteiger charge is -2.38. The number of carboxylic acids is 1. The summed E-state index contributed by atoms with van der Waals surface area (Å²) < 4.78 is 5.34. The molecule has 4 N–H and O–H groups in total. The summed E-state index contributed by atoms with van der Waals surface area (Å²) in [5.41, 5.74) is 7.08. The fourth-order valence-corrected chi connectivity index (χ4v) is 3.92. The molecule has 0 spiro atoms. The first-order valence-electron chi connectivity index (χ1n) is 8.03. The first-order chi connectivity index (χ1) is 12.8. The van der Waals surface area contributed by atoms with E-state index in [1.165, 1.54) is 12.0 Å². The highest BCUT2D eigenvalue weighted by molar-refractivity contribution is 6.35. The lowest BCUT2D eigenvalue weighted by atomic mass is 9.91. The molecule has 2 atom stereocenters. The molecular weight excluding hydrogens is 393 g/mol. The maximum atomic E-state index is 12.4. The summed E-state index contributed by atoms with van der Waals surface area (Å²) in [6.45, 7) is 0. The van der Waals surface area contributed by atoms with E-state index in [2.05, 4.69) is 5.32 Å². The summed E-state index contributed by atoms with van der Waals surface area (Å²) >= 11 is 12.5. The van der Waals surface area contributed by atoms with Crippen LogP contribution < -0.4 is 20.7 Å². The molecule has 0 radical (unpaired) electrons. The molecule has 2 amide bonds. The maximum absolute atomic E-state index is 12.4. The van der Waals surface area contributed by atoms with E-state index < -0.39 is 24.1 Å². The van der Waals surface area contributed by atoms with Crippen molar-refractivity contribution in [3.63, 3.8) is 0 Å². The van der Waals surface area contributed by atoms with Gasteiger partial charge in [-0.05, 0) is 24.3 Å². The molecule has 0 aliphatic carbocycles. The topological polar surface area (TPSA) is 105 Å². The number of anilines is 2. The number of nitrogens with two attached hydrogens (primary N) is 1. The van der Waals surface area contributed by atoms with Gasteiger partial charge in [0, 0.05) is 27.7 Å². The molecule has 0 saturated heterocycles. The lowest BCUT2D eigenvalue weighted by Crippen LogP contribution is -2.45. The Kier molecular flexibility index (Phi) is 5.34. The number of carbonyl (C=O) groups excluding carboxylic acids is 1. The number of aliphatic carboxylic acids is 1. The van der Waals surface area contributed by atoms with E-state index in [1.54, 1.807) is 36.4 Å². The highest BCUT2D eigenvalue weighted by atomic mass is 35.5. The van der Waals surface area contributed by atoms with E-state index in [0.717, 1.165) is 0 Å². The quantitative estimate of drug-likeness (QED) is 0.709. The zero-order chi connectivity index (χ0) is 19.7. The third kappa shape index (κ3) is 3.61. The van der Waals surface area contributed by atoms with Crippen LogP contribution in [0.3, 0.4) is 0 Å². The van der Waals surface area contributed by atoms with Crippen molar-refractivity contribution in [2.75, 3.05) is 17.3 Å². The number of benzene rings is 2. The normalized spacial score (nSPS) is 18.2. The van der Waals surface area contributed by atoms with Gasteiger partial charge in [0.1, 0.15) is 11.8 Å². The third-order valence-electron chi connectivity index (χ3n) is 4.41. The summed E-state index contributed by atoms with van der Waals surface area (Å²) in [4.78, 5) is 25.3. The number of ether oxygens (including phenoxy) is 1. The first-order valence-corrected chi connectivity index (χ1v) is 8.79. The number of fused-ring (bicyclic) bond motifs is 1. The number of nitrogens with one attached hydrogen (secondary N) is 1. The van der Waals surface area contributed by atoms with Crippen LogP contribution in [0.25, 0.3) is 0 Å². The molecule has 9 heteroatoms. The Morgan fingerprint density at radius 3 is 2.63 bits per heavy atom. The van der Waals surface area contributed by atoms with Crippen LogP contribution >= 0.6 is 23.2 Å². The van der Waals surface area contributed by atoms with Crippen molar-refractivity contribution in [3.05, 3.63) is 52.0 Å². The Balaban J connectivity index is 2.20.